The third-order valence-corrected chi connectivity index (χ3v) is 8.95. The highest BCUT2D eigenvalue weighted by molar-refractivity contribution is 7.89. The van der Waals surface area contributed by atoms with Crippen LogP contribution in [0.2, 0.25) is 0 Å². The van der Waals surface area contributed by atoms with Crippen molar-refractivity contribution in [2.24, 2.45) is 0 Å². The summed E-state index contributed by atoms with van der Waals surface area (Å²) in [6.07, 6.45) is 0. The van der Waals surface area contributed by atoms with Crippen LogP contribution >= 0.6 is 11.3 Å². The van der Waals surface area contributed by atoms with E-state index in [9.17, 15) is 8.42 Å². The minimum absolute atomic E-state index is 0.174. The molecule has 3 aromatic carbocycles. The summed E-state index contributed by atoms with van der Waals surface area (Å²) in [6.45, 7) is 4.54. The fourth-order valence-electron chi connectivity index (χ4n) is 4.03. The van der Waals surface area contributed by atoms with E-state index in [2.05, 4.69) is 17.9 Å². The number of sulfonamides is 1. The van der Waals surface area contributed by atoms with Gasteiger partial charge < -0.3 is 0 Å². The van der Waals surface area contributed by atoms with E-state index in [0.29, 0.717) is 31.1 Å². The Hall–Kier alpha value is -2.32. The van der Waals surface area contributed by atoms with E-state index < -0.39 is 10.0 Å². The summed E-state index contributed by atoms with van der Waals surface area (Å²) >= 11 is 1.72. The van der Waals surface area contributed by atoms with Gasteiger partial charge in [-0.05, 0) is 42.0 Å². The van der Waals surface area contributed by atoms with Gasteiger partial charge in [0.25, 0.3) is 0 Å². The molecule has 30 heavy (non-hydrogen) atoms. The first-order valence-corrected chi connectivity index (χ1v) is 12.4. The Labute approximate surface area is 180 Å². The number of rotatable bonds is 4. The van der Waals surface area contributed by atoms with Crippen molar-refractivity contribution in [2.45, 2.75) is 17.9 Å². The molecule has 1 unspecified atom stereocenters. The molecular weight excluding hydrogens is 414 g/mol. The van der Waals surface area contributed by atoms with Gasteiger partial charge >= 0.3 is 0 Å². The Morgan fingerprint density at radius 2 is 1.60 bits per heavy atom. The van der Waals surface area contributed by atoms with Crippen LogP contribution < -0.4 is 0 Å². The van der Waals surface area contributed by atoms with E-state index in [1.165, 1.54) is 4.70 Å². The van der Waals surface area contributed by atoms with Crippen LogP contribution in [0.25, 0.3) is 21.0 Å². The normalized spacial score (nSPS) is 17.5. The number of aromatic nitrogens is 1. The first-order valence-electron chi connectivity index (χ1n) is 10.1. The predicted molar refractivity (Wildman–Crippen MR) is 122 cm³/mol. The maximum absolute atomic E-state index is 13.2. The Morgan fingerprint density at radius 3 is 2.37 bits per heavy atom. The van der Waals surface area contributed by atoms with Gasteiger partial charge in [-0.25, -0.2) is 13.4 Å². The van der Waals surface area contributed by atoms with Crippen molar-refractivity contribution in [3.05, 3.63) is 71.7 Å². The van der Waals surface area contributed by atoms with Gasteiger partial charge in [-0.2, -0.15) is 4.31 Å². The predicted octanol–water partition coefficient (Wildman–Crippen LogP) is 4.52. The summed E-state index contributed by atoms with van der Waals surface area (Å²) in [5.74, 6) is 0. The van der Waals surface area contributed by atoms with Crippen LogP contribution in [0.15, 0.2) is 71.6 Å². The molecule has 2 heterocycles. The summed E-state index contributed by atoms with van der Waals surface area (Å²) in [6, 6.07) is 21.6. The van der Waals surface area contributed by atoms with Gasteiger partial charge in [-0.3, -0.25) is 4.90 Å². The standard InChI is InChI=1S/C23H23N3O2S2/c1-17(23-24-21-8-4-5-9-22(21)29-23)25-12-14-26(15-13-25)30(27,28)20-11-10-18-6-2-3-7-19(18)16-20/h2-11,16-17H,12-15H2,1H3. The maximum Gasteiger partial charge on any atom is 0.243 e. The SMILES string of the molecule is CC(c1nc2ccccc2s1)N1CCN(S(=O)(=O)c2ccc3ccccc3c2)CC1. The Kier molecular flexibility index (Phi) is 5.06. The highest BCUT2D eigenvalue weighted by Gasteiger charge is 2.31. The van der Waals surface area contributed by atoms with Gasteiger partial charge in [-0.1, -0.05) is 42.5 Å². The Morgan fingerprint density at radius 1 is 0.900 bits per heavy atom. The number of nitrogens with zero attached hydrogens (tertiary/aromatic N) is 3. The number of fused-ring (bicyclic) bond motifs is 2. The largest absolute Gasteiger partial charge is 0.292 e. The van der Waals surface area contributed by atoms with E-state index in [1.54, 1.807) is 27.8 Å². The summed E-state index contributed by atoms with van der Waals surface area (Å²) in [4.78, 5) is 7.47. The van der Waals surface area contributed by atoms with E-state index >= 15 is 0 Å². The molecule has 0 bridgehead atoms. The first-order chi connectivity index (χ1) is 14.5. The zero-order valence-electron chi connectivity index (χ0n) is 16.7. The highest BCUT2D eigenvalue weighted by atomic mass is 32.2. The third kappa shape index (κ3) is 3.52. The molecule has 4 aromatic rings. The zero-order chi connectivity index (χ0) is 20.7. The molecule has 0 saturated carbocycles. The van der Waals surface area contributed by atoms with E-state index in [1.807, 2.05) is 48.5 Å². The fourth-order valence-corrected chi connectivity index (χ4v) is 6.54. The van der Waals surface area contributed by atoms with Gasteiger partial charge in [0.2, 0.25) is 10.0 Å². The molecule has 1 saturated heterocycles. The first kappa shape index (κ1) is 19.6. The average Bonchev–Trinajstić information content (AvgIpc) is 3.22. The number of piperazine rings is 1. The summed E-state index contributed by atoms with van der Waals surface area (Å²) in [7, 11) is -3.49. The third-order valence-electron chi connectivity index (χ3n) is 5.85. The maximum atomic E-state index is 13.2. The van der Waals surface area contributed by atoms with Gasteiger partial charge in [0.1, 0.15) is 5.01 Å². The highest BCUT2D eigenvalue weighted by Crippen LogP contribution is 2.31. The molecule has 5 nitrogen and oxygen atoms in total. The van der Waals surface area contributed by atoms with Crippen molar-refractivity contribution in [3.63, 3.8) is 0 Å². The van der Waals surface area contributed by atoms with Crippen molar-refractivity contribution in [1.29, 1.82) is 0 Å². The second kappa shape index (κ2) is 7.74. The number of para-hydroxylation sites is 1. The van der Waals surface area contributed by atoms with Crippen LogP contribution in [0.5, 0.6) is 0 Å². The minimum Gasteiger partial charge on any atom is -0.292 e. The second-order valence-electron chi connectivity index (χ2n) is 7.64. The molecule has 1 aromatic heterocycles. The van der Waals surface area contributed by atoms with Crippen LogP contribution in [0.4, 0.5) is 0 Å². The number of thiazole rings is 1. The molecule has 1 fully saturated rings. The molecule has 0 aliphatic carbocycles. The van der Waals surface area contributed by atoms with Crippen LogP contribution in [0.3, 0.4) is 0 Å². The topological polar surface area (TPSA) is 53.5 Å². The van der Waals surface area contributed by atoms with E-state index in [0.717, 1.165) is 21.3 Å². The zero-order valence-corrected chi connectivity index (χ0v) is 18.4. The monoisotopic (exact) mass is 437 g/mol. The molecule has 1 aliphatic rings. The molecule has 0 amide bonds. The van der Waals surface area contributed by atoms with Crippen LogP contribution in [-0.4, -0.2) is 48.8 Å². The van der Waals surface area contributed by atoms with Gasteiger partial charge in [0, 0.05) is 26.2 Å². The Balaban J connectivity index is 1.31. The van der Waals surface area contributed by atoms with Crippen molar-refractivity contribution < 1.29 is 8.42 Å². The molecule has 1 aliphatic heterocycles. The van der Waals surface area contributed by atoms with Crippen molar-refractivity contribution >= 4 is 42.3 Å². The molecule has 7 heteroatoms. The van der Waals surface area contributed by atoms with Crippen molar-refractivity contribution in [3.8, 4) is 0 Å². The molecule has 0 spiro atoms. The van der Waals surface area contributed by atoms with Crippen LogP contribution in [-0.2, 0) is 10.0 Å². The van der Waals surface area contributed by atoms with Crippen molar-refractivity contribution in [1.82, 2.24) is 14.2 Å². The lowest BCUT2D eigenvalue weighted by molar-refractivity contribution is 0.146. The number of hydrogen-bond acceptors (Lipinski definition) is 5. The molecule has 5 rings (SSSR count). The smallest absolute Gasteiger partial charge is 0.243 e. The molecule has 0 N–H and O–H groups in total. The number of benzene rings is 3. The molecular formula is C23H23N3O2S2. The van der Waals surface area contributed by atoms with E-state index in [4.69, 9.17) is 4.98 Å². The quantitative estimate of drug-likeness (QED) is 0.471. The molecule has 154 valence electrons. The fraction of sp³-hybridized carbons (Fsp3) is 0.261. The molecule has 1 atom stereocenters. The molecule has 0 radical (unpaired) electrons. The van der Waals surface area contributed by atoms with Gasteiger partial charge in [0.15, 0.2) is 0 Å². The van der Waals surface area contributed by atoms with Crippen molar-refractivity contribution in [2.75, 3.05) is 26.2 Å². The minimum atomic E-state index is -3.49. The van der Waals surface area contributed by atoms with Crippen LogP contribution in [0.1, 0.15) is 18.0 Å². The Bertz CT molecular complexity index is 1280. The summed E-state index contributed by atoms with van der Waals surface area (Å²) in [5, 5.41) is 3.08. The summed E-state index contributed by atoms with van der Waals surface area (Å²) in [5.41, 5.74) is 1.03. The van der Waals surface area contributed by atoms with Gasteiger partial charge in [-0.15, -0.1) is 11.3 Å². The van der Waals surface area contributed by atoms with E-state index in [-0.39, 0.29) is 6.04 Å². The lowest BCUT2D eigenvalue weighted by Crippen LogP contribution is -2.49. The number of hydrogen-bond donors (Lipinski definition) is 0. The lowest BCUT2D eigenvalue weighted by atomic mass is 10.1. The second-order valence-corrected chi connectivity index (χ2v) is 10.6. The average molecular weight is 438 g/mol. The lowest BCUT2D eigenvalue weighted by Gasteiger charge is -2.36. The summed E-state index contributed by atoms with van der Waals surface area (Å²) < 4.78 is 29.2. The van der Waals surface area contributed by atoms with Crippen LogP contribution in [0, 0.1) is 0 Å². The van der Waals surface area contributed by atoms with Gasteiger partial charge in [0.05, 0.1) is 21.2 Å².